The number of hydrogen-bond donors (Lipinski definition) is 1. The summed E-state index contributed by atoms with van der Waals surface area (Å²) < 4.78 is 3.18. The van der Waals surface area contributed by atoms with Gasteiger partial charge in [-0.15, -0.1) is 0 Å². The Hall–Kier alpha value is -2.86. The fraction of sp³-hybridized carbons (Fsp3) is 0.391. The lowest BCUT2D eigenvalue weighted by atomic mass is 9.99. The van der Waals surface area contributed by atoms with Gasteiger partial charge in [0.15, 0.2) is 0 Å². The molecule has 152 valence electrons. The molecule has 0 saturated carbocycles. The normalized spacial score (nSPS) is 17.6. The van der Waals surface area contributed by atoms with Crippen LogP contribution in [0.1, 0.15) is 35.7 Å². The predicted octanol–water partition coefficient (Wildman–Crippen LogP) is 3.36. The molecule has 1 fully saturated rings. The summed E-state index contributed by atoms with van der Waals surface area (Å²) in [7, 11) is 3.48. The van der Waals surface area contributed by atoms with Gasteiger partial charge in [-0.25, -0.2) is 4.79 Å². The highest BCUT2D eigenvalue weighted by Crippen LogP contribution is 2.20. The van der Waals surface area contributed by atoms with Crippen molar-refractivity contribution in [3.05, 3.63) is 64.1 Å². The van der Waals surface area contributed by atoms with Gasteiger partial charge >= 0.3 is 5.69 Å². The summed E-state index contributed by atoms with van der Waals surface area (Å²) in [5, 5.41) is 2.94. The van der Waals surface area contributed by atoms with Crippen molar-refractivity contribution in [1.82, 2.24) is 14.0 Å². The van der Waals surface area contributed by atoms with Crippen molar-refractivity contribution in [2.24, 2.45) is 20.0 Å². The first-order valence-corrected chi connectivity index (χ1v) is 10.2. The second-order valence-electron chi connectivity index (χ2n) is 8.24. The van der Waals surface area contributed by atoms with E-state index in [4.69, 9.17) is 0 Å². The Balaban J connectivity index is 1.45. The lowest BCUT2D eigenvalue weighted by Crippen LogP contribution is -2.33. The van der Waals surface area contributed by atoms with E-state index in [1.54, 1.807) is 23.2 Å². The van der Waals surface area contributed by atoms with E-state index in [0.29, 0.717) is 11.3 Å². The number of imidazole rings is 1. The average Bonchev–Trinajstić information content (AvgIpc) is 2.92. The third-order valence-electron chi connectivity index (χ3n) is 5.89. The maximum atomic E-state index is 12.7. The van der Waals surface area contributed by atoms with Gasteiger partial charge in [0.1, 0.15) is 0 Å². The minimum Gasteiger partial charge on any atom is -0.322 e. The van der Waals surface area contributed by atoms with E-state index < -0.39 is 0 Å². The summed E-state index contributed by atoms with van der Waals surface area (Å²) in [6.07, 6.45) is 2.58. The minimum atomic E-state index is -0.150. The molecule has 1 aromatic heterocycles. The summed E-state index contributed by atoms with van der Waals surface area (Å²) in [4.78, 5) is 27.2. The van der Waals surface area contributed by atoms with Crippen LogP contribution in [0.15, 0.2) is 47.3 Å². The number of benzene rings is 2. The van der Waals surface area contributed by atoms with Crippen LogP contribution >= 0.6 is 0 Å². The number of likely N-dealkylation sites (tertiary alicyclic amines) is 1. The Bertz CT molecular complexity index is 1090. The first-order chi connectivity index (χ1) is 13.9. The molecule has 29 heavy (non-hydrogen) atoms. The third-order valence-corrected chi connectivity index (χ3v) is 5.89. The Kier molecular flexibility index (Phi) is 5.28. The van der Waals surface area contributed by atoms with Crippen LogP contribution in [-0.4, -0.2) is 33.0 Å². The molecule has 0 bridgehead atoms. The first-order valence-electron chi connectivity index (χ1n) is 10.2. The van der Waals surface area contributed by atoms with Crippen LogP contribution < -0.4 is 11.0 Å². The van der Waals surface area contributed by atoms with Gasteiger partial charge in [-0.3, -0.25) is 18.8 Å². The molecular formula is C23H28N4O2. The number of aromatic nitrogens is 2. The van der Waals surface area contributed by atoms with E-state index in [2.05, 4.69) is 17.1 Å². The van der Waals surface area contributed by atoms with Crippen LogP contribution in [0.3, 0.4) is 0 Å². The second-order valence-corrected chi connectivity index (χ2v) is 8.24. The average molecular weight is 393 g/mol. The van der Waals surface area contributed by atoms with Crippen molar-refractivity contribution in [3.8, 4) is 0 Å². The van der Waals surface area contributed by atoms with Crippen molar-refractivity contribution in [3.63, 3.8) is 0 Å². The summed E-state index contributed by atoms with van der Waals surface area (Å²) in [5.74, 6) is 0.610. The Morgan fingerprint density at radius 1 is 1.07 bits per heavy atom. The molecule has 6 heteroatoms. The van der Waals surface area contributed by atoms with Crippen molar-refractivity contribution in [2.45, 2.75) is 26.3 Å². The number of carbonyl (C=O) groups excluding carboxylic acids is 1. The topological polar surface area (TPSA) is 59.3 Å². The number of aryl methyl sites for hydroxylation is 2. The van der Waals surface area contributed by atoms with Crippen LogP contribution in [0, 0.1) is 5.92 Å². The molecule has 1 aliphatic heterocycles. The fourth-order valence-corrected chi connectivity index (χ4v) is 4.24. The molecule has 0 spiro atoms. The van der Waals surface area contributed by atoms with Gasteiger partial charge in [-0.05, 0) is 61.2 Å². The second kappa shape index (κ2) is 7.87. The number of piperidine rings is 1. The smallest absolute Gasteiger partial charge is 0.322 e. The number of nitrogens with zero attached hydrogens (tertiary/aromatic N) is 3. The summed E-state index contributed by atoms with van der Waals surface area (Å²) in [6.45, 7) is 5.54. The highest BCUT2D eigenvalue weighted by Gasteiger charge is 2.16. The van der Waals surface area contributed by atoms with Gasteiger partial charge in [-0.2, -0.15) is 0 Å². The molecule has 3 aromatic rings. The van der Waals surface area contributed by atoms with Crippen LogP contribution in [0.2, 0.25) is 0 Å². The zero-order valence-corrected chi connectivity index (χ0v) is 17.3. The van der Waals surface area contributed by atoms with Crippen molar-refractivity contribution in [1.29, 1.82) is 0 Å². The molecule has 1 aliphatic rings. The van der Waals surface area contributed by atoms with Gasteiger partial charge in [0.2, 0.25) is 0 Å². The van der Waals surface area contributed by atoms with E-state index in [0.717, 1.165) is 36.6 Å². The number of fused-ring (bicyclic) bond motifs is 1. The zero-order chi connectivity index (χ0) is 20.5. The van der Waals surface area contributed by atoms with E-state index in [1.807, 2.05) is 42.5 Å². The number of amides is 1. The SMILES string of the molecule is CC1CCCN(Cc2ccc(C(=O)Nc3ccc4c(c3)n(C)c(=O)n4C)cc2)C1. The van der Waals surface area contributed by atoms with Gasteiger partial charge in [0.05, 0.1) is 11.0 Å². The molecule has 1 unspecified atom stereocenters. The molecule has 0 aliphatic carbocycles. The molecule has 6 nitrogen and oxygen atoms in total. The van der Waals surface area contributed by atoms with E-state index >= 15 is 0 Å². The Morgan fingerprint density at radius 3 is 2.52 bits per heavy atom. The number of rotatable bonds is 4. The number of carbonyl (C=O) groups is 1. The maximum Gasteiger partial charge on any atom is 0.328 e. The van der Waals surface area contributed by atoms with Gasteiger partial charge in [0, 0.05) is 38.4 Å². The van der Waals surface area contributed by atoms with E-state index in [9.17, 15) is 9.59 Å². The Labute approximate surface area is 170 Å². The first kappa shape index (κ1) is 19.5. The fourth-order valence-electron chi connectivity index (χ4n) is 4.24. The van der Waals surface area contributed by atoms with Crippen LogP contribution in [-0.2, 0) is 20.6 Å². The van der Waals surface area contributed by atoms with E-state index in [1.165, 1.54) is 18.4 Å². The molecule has 1 atom stereocenters. The molecule has 2 aromatic carbocycles. The standard InChI is InChI=1S/C23H28N4O2/c1-16-5-4-12-27(14-16)15-17-6-8-18(9-7-17)22(28)24-19-10-11-20-21(13-19)26(3)23(29)25(20)2/h6-11,13,16H,4-5,12,14-15H2,1-3H3,(H,24,28). The number of anilines is 1. The minimum absolute atomic E-state index is 0.0813. The predicted molar refractivity (Wildman–Crippen MR) is 116 cm³/mol. The van der Waals surface area contributed by atoms with Crippen LogP contribution in [0.25, 0.3) is 11.0 Å². The van der Waals surface area contributed by atoms with Crippen molar-refractivity contribution in [2.75, 3.05) is 18.4 Å². The lowest BCUT2D eigenvalue weighted by Gasteiger charge is -2.30. The molecule has 0 radical (unpaired) electrons. The van der Waals surface area contributed by atoms with Crippen LogP contribution in [0.4, 0.5) is 5.69 Å². The highest BCUT2D eigenvalue weighted by atomic mass is 16.2. The summed E-state index contributed by atoms with van der Waals surface area (Å²) >= 11 is 0. The van der Waals surface area contributed by atoms with Gasteiger partial charge in [0.25, 0.3) is 5.91 Å². The van der Waals surface area contributed by atoms with Crippen LogP contribution in [0.5, 0.6) is 0 Å². The monoisotopic (exact) mass is 392 g/mol. The third kappa shape index (κ3) is 3.98. The molecule has 1 amide bonds. The van der Waals surface area contributed by atoms with Gasteiger partial charge < -0.3 is 5.32 Å². The van der Waals surface area contributed by atoms with Crippen molar-refractivity contribution < 1.29 is 4.79 Å². The van der Waals surface area contributed by atoms with Gasteiger partial charge in [-0.1, -0.05) is 19.1 Å². The number of hydrogen-bond acceptors (Lipinski definition) is 3. The molecular weight excluding hydrogens is 364 g/mol. The Morgan fingerprint density at radius 2 is 1.79 bits per heavy atom. The molecule has 1 N–H and O–H groups in total. The van der Waals surface area contributed by atoms with Crippen molar-refractivity contribution >= 4 is 22.6 Å². The number of nitrogens with one attached hydrogen (secondary N) is 1. The zero-order valence-electron chi connectivity index (χ0n) is 17.3. The van der Waals surface area contributed by atoms with E-state index in [-0.39, 0.29) is 11.6 Å². The summed E-state index contributed by atoms with van der Waals surface area (Å²) in [5.41, 5.74) is 4.09. The maximum absolute atomic E-state index is 12.7. The summed E-state index contributed by atoms with van der Waals surface area (Å²) in [6, 6.07) is 13.4. The largest absolute Gasteiger partial charge is 0.328 e. The molecule has 1 saturated heterocycles. The molecule has 4 rings (SSSR count). The quantitative estimate of drug-likeness (QED) is 0.741. The molecule has 2 heterocycles. The highest BCUT2D eigenvalue weighted by molar-refractivity contribution is 6.05. The lowest BCUT2D eigenvalue weighted by molar-refractivity contribution is 0.102.